The molecule has 1 aliphatic heterocycles. The van der Waals surface area contributed by atoms with Gasteiger partial charge in [-0.2, -0.15) is 0 Å². The van der Waals surface area contributed by atoms with Gasteiger partial charge in [-0.15, -0.1) is 0 Å². The van der Waals surface area contributed by atoms with Crippen molar-refractivity contribution in [3.63, 3.8) is 0 Å². The number of aliphatic hydroxyl groups is 1. The van der Waals surface area contributed by atoms with Crippen LogP contribution >= 0.6 is 0 Å². The molecule has 0 aromatic heterocycles. The normalized spacial score (nSPS) is 18.1. The van der Waals surface area contributed by atoms with Gasteiger partial charge in [-0.25, -0.2) is 4.79 Å². The highest BCUT2D eigenvalue weighted by atomic mass is 16.6. The Bertz CT molecular complexity index is 526. The van der Waals surface area contributed by atoms with Crippen molar-refractivity contribution in [2.75, 3.05) is 0 Å². The molecular weight excluding hydrogens is 264 g/mol. The van der Waals surface area contributed by atoms with Crippen LogP contribution in [0.2, 0.25) is 0 Å². The van der Waals surface area contributed by atoms with Gasteiger partial charge in [0.2, 0.25) is 6.29 Å². The molecule has 3 nitrogen and oxygen atoms in total. The summed E-state index contributed by atoms with van der Waals surface area (Å²) in [5, 5.41) is 9.60. The Labute approximate surface area is 125 Å². The number of cyclic esters (lactones) is 1. The summed E-state index contributed by atoms with van der Waals surface area (Å²) in [6.07, 6.45) is 10.7. The molecule has 1 atom stereocenters. The molecule has 1 aliphatic rings. The van der Waals surface area contributed by atoms with Crippen LogP contribution in [0.15, 0.2) is 36.4 Å². The van der Waals surface area contributed by atoms with Crippen molar-refractivity contribution in [1.29, 1.82) is 0 Å². The van der Waals surface area contributed by atoms with E-state index in [1.165, 1.54) is 31.8 Å². The number of hydrogen-bond acceptors (Lipinski definition) is 3. The van der Waals surface area contributed by atoms with Gasteiger partial charge < -0.3 is 9.84 Å². The average Bonchev–Trinajstić information content (AvgIpc) is 2.82. The number of benzene rings is 1. The van der Waals surface area contributed by atoms with E-state index in [9.17, 15) is 9.90 Å². The van der Waals surface area contributed by atoms with Crippen LogP contribution < -0.4 is 0 Å². The van der Waals surface area contributed by atoms with Gasteiger partial charge in [0.1, 0.15) is 0 Å². The van der Waals surface area contributed by atoms with Crippen LogP contribution in [-0.2, 0) is 9.53 Å². The fourth-order valence-electron chi connectivity index (χ4n) is 2.33. The Kier molecular flexibility index (Phi) is 5.76. The molecule has 1 N–H and O–H groups in total. The lowest BCUT2D eigenvalue weighted by atomic mass is 10.0. The van der Waals surface area contributed by atoms with Crippen molar-refractivity contribution in [1.82, 2.24) is 0 Å². The largest absolute Gasteiger partial charge is 0.428 e. The van der Waals surface area contributed by atoms with Crippen LogP contribution in [-0.4, -0.2) is 17.4 Å². The Balaban J connectivity index is 1.89. The number of allylic oxidation sites excluding steroid dienone is 1. The number of rotatable bonds is 7. The second-order valence-corrected chi connectivity index (χ2v) is 5.26. The summed E-state index contributed by atoms with van der Waals surface area (Å²) in [5.41, 5.74) is 2.46. The van der Waals surface area contributed by atoms with Crippen molar-refractivity contribution in [3.8, 4) is 0 Å². The first-order valence-corrected chi connectivity index (χ1v) is 7.58. The second kappa shape index (κ2) is 7.79. The summed E-state index contributed by atoms with van der Waals surface area (Å²) in [6, 6.07) is 7.75. The molecule has 1 aromatic carbocycles. The fraction of sp³-hybridized carbons (Fsp3) is 0.389. The van der Waals surface area contributed by atoms with Crippen LogP contribution in [0.1, 0.15) is 50.2 Å². The van der Waals surface area contributed by atoms with Gasteiger partial charge in [-0.05, 0) is 24.0 Å². The van der Waals surface area contributed by atoms with Gasteiger partial charge in [0.25, 0.3) is 0 Å². The Morgan fingerprint density at radius 1 is 1.19 bits per heavy atom. The minimum atomic E-state index is -1.14. The van der Waals surface area contributed by atoms with Gasteiger partial charge in [0.15, 0.2) is 0 Å². The molecular formula is C18H22O3. The third-order valence-electron chi connectivity index (χ3n) is 3.55. The molecule has 21 heavy (non-hydrogen) atoms. The summed E-state index contributed by atoms with van der Waals surface area (Å²) in [4.78, 5) is 11.1. The lowest BCUT2D eigenvalue weighted by Crippen LogP contribution is -2.09. The number of hydrogen-bond donors (Lipinski definition) is 1. The molecule has 0 saturated heterocycles. The third kappa shape index (κ3) is 4.57. The summed E-state index contributed by atoms with van der Waals surface area (Å²) in [6.45, 7) is 2.22. The summed E-state index contributed by atoms with van der Waals surface area (Å²) in [7, 11) is 0. The molecule has 1 aromatic rings. The molecule has 1 heterocycles. The van der Waals surface area contributed by atoms with E-state index in [4.69, 9.17) is 0 Å². The van der Waals surface area contributed by atoms with Crippen LogP contribution in [0.5, 0.6) is 0 Å². The number of carbonyl (C=O) groups excluding carboxylic acids is 1. The maximum Gasteiger partial charge on any atom is 0.333 e. The molecule has 1 unspecified atom stereocenters. The van der Waals surface area contributed by atoms with Gasteiger partial charge in [-0.1, -0.05) is 62.6 Å². The molecule has 3 heteroatoms. The Hall–Kier alpha value is -1.87. The SMILES string of the molecule is CCCCCC/C=C/c1ccc(C2=CC(=O)OC2O)cc1. The number of ether oxygens (including phenoxy) is 1. The predicted molar refractivity (Wildman–Crippen MR) is 84.3 cm³/mol. The zero-order chi connectivity index (χ0) is 15.1. The Morgan fingerprint density at radius 3 is 2.57 bits per heavy atom. The van der Waals surface area contributed by atoms with Crippen LogP contribution in [0.3, 0.4) is 0 Å². The highest BCUT2D eigenvalue weighted by Crippen LogP contribution is 2.25. The average molecular weight is 286 g/mol. The minimum Gasteiger partial charge on any atom is -0.428 e. The lowest BCUT2D eigenvalue weighted by molar-refractivity contribution is -0.149. The van der Waals surface area contributed by atoms with Crippen LogP contribution in [0.4, 0.5) is 0 Å². The van der Waals surface area contributed by atoms with Gasteiger partial charge in [-0.3, -0.25) is 0 Å². The molecule has 0 spiro atoms. The molecule has 0 aliphatic carbocycles. The van der Waals surface area contributed by atoms with E-state index in [1.807, 2.05) is 24.3 Å². The minimum absolute atomic E-state index is 0.492. The summed E-state index contributed by atoms with van der Waals surface area (Å²) >= 11 is 0. The number of carbonyl (C=O) groups is 1. The van der Waals surface area contributed by atoms with Gasteiger partial charge >= 0.3 is 5.97 Å². The molecule has 0 saturated carbocycles. The fourth-order valence-corrected chi connectivity index (χ4v) is 2.33. The van der Waals surface area contributed by atoms with Crippen molar-refractivity contribution in [2.24, 2.45) is 0 Å². The Morgan fingerprint density at radius 2 is 1.95 bits per heavy atom. The zero-order valence-electron chi connectivity index (χ0n) is 12.4. The van der Waals surface area contributed by atoms with Gasteiger partial charge in [0.05, 0.1) is 0 Å². The van der Waals surface area contributed by atoms with E-state index in [2.05, 4.69) is 23.8 Å². The van der Waals surface area contributed by atoms with Crippen LogP contribution in [0, 0.1) is 0 Å². The first kappa shape index (κ1) is 15.5. The molecule has 0 bridgehead atoms. The number of aliphatic hydroxyl groups excluding tert-OH is 1. The summed E-state index contributed by atoms with van der Waals surface area (Å²) < 4.78 is 4.68. The quantitative estimate of drug-likeness (QED) is 0.610. The standard InChI is InChI=1S/C18H22O3/c1-2-3-4-5-6-7-8-14-9-11-15(12-10-14)16-13-17(19)21-18(16)20/h7-13,18,20H,2-6H2,1H3/b8-7+. The van der Waals surface area contributed by atoms with Crippen molar-refractivity contribution >= 4 is 17.6 Å². The first-order chi connectivity index (χ1) is 10.2. The highest BCUT2D eigenvalue weighted by molar-refractivity contribution is 5.96. The smallest absolute Gasteiger partial charge is 0.333 e. The summed E-state index contributed by atoms with van der Waals surface area (Å²) in [5.74, 6) is -0.492. The van der Waals surface area contributed by atoms with Crippen molar-refractivity contribution < 1.29 is 14.6 Å². The molecule has 0 radical (unpaired) electrons. The third-order valence-corrected chi connectivity index (χ3v) is 3.55. The molecule has 2 rings (SSSR count). The second-order valence-electron chi connectivity index (χ2n) is 5.26. The van der Waals surface area contributed by atoms with Gasteiger partial charge in [0, 0.05) is 11.6 Å². The molecule has 112 valence electrons. The number of unbranched alkanes of at least 4 members (excludes halogenated alkanes) is 4. The maximum absolute atomic E-state index is 11.1. The predicted octanol–water partition coefficient (Wildman–Crippen LogP) is 3.93. The topological polar surface area (TPSA) is 46.5 Å². The molecule has 0 amide bonds. The van der Waals surface area contributed by atoms with E-state index in [0.717, 1.165) is 17.5 Å². The molecule has 0 fully saturated rings. The van der Waals surface area contributed by atoms with E-state index < -0.39 is 12.3 Å². The van der Waals surface area contributed by atoms with E-state index in [0.29, 0.717) is 5.57 Å². The van der Waals surface area contributed by atoms with E-state index in [1.54, 1.807) is 0 Å². The number of esters is 1. The van der Waals surface area contributed by atoms with Crippen molar-refractivity contribution in [3.05, 3.63) is 47.5 Å². The van der Waals surface area contributed by atoms with E-state index >= 15 is 0 Å². The van der Waals surface area contributed by atoms with E-state index in [-0.39, 0.29) is 0 Å². The van der Waals surface area contributed by atoms with Crippen molar-refractivity contribution in [2.45, 2.75) is 45.3 Å². The lowest BCUT2D eigenvalue weighted by Gasteiger charge is -2.07. The highest BCUT2D eigenvalue weighted by Gasteiger charge is 2.24. The van der Waals surface area contributed by atoms with Crippen LogP contribution in [0.25, 0.3) is 11.6 Å². The monoisotopic (exact) mass is 286 g/mol. The first-order valence-electron chi connectivity index (χ1n) is 7.58. The maximum atomic E-state index is 11.1. The zero-order valence-corrected chi connectivity index (χ0v) is 12.4.